The summed E-state index contributed by atoms with van der Waals surface area (Å²) in [5.41, 5.74) is 3.61. The second kappa shape index (κ2) is 7.14. The summed E-state index contributed by atoms with van der Waals surface area (Å²) in [5.74, 6) is -0.171. The van der Waals surface area contributed by atoms with E-state index < -0.39 is 23.3 Å². The van der Waals surface area contributed by atoms with Crippen LogP contribution in [-0.4, -0.2) is 30.0 Å². The van der Waals surface area contributed by atoms with E-state index >= 15 is 0 Å². The Labute approximate surface area is 146 Å². The molecule has 0 saturated carbocycles. The number of likely N-dealkylation sites (tertiary alicyclic amines) is 1. The number of nitrogens with zero attached hydrogens (tertiary/aromatic N) is 1. The highest BCUT2D eigenvalue weighted by Crippen LogP contribution is 2.38. The van der Waals surface area contributed by atoms with E-state index in [2.05, 4.69) is 6.92 Å². The summed E-state index contributed by atoms with van der Waals surface area (Å²) in [5, 5.41) is 0. The first kappa shape index (κ1) is 19.4. The van der Waals surface area contributed by atoms with Gasteiger partial charge in [-0.15, -0.1) is 0 Å². The molecule has 0 aliphatic carbocycles. The van der Waals surface area contributed by atoms with E-state index in [1.165, 1.54) is 6.07 Å². The molecule has 7 heteroatoms. The molecule has 1 atom stereocenters. The molecule has 0 bridgehead atoms. The molecule has 25 heavy (non-hydrogen) atoms. The Balaban J connectivity index is 2.17. The minimum Gasteiger partial charge on any atom is -0.480 e. The van der Waals surface area contributed by atoms with Gasteiger partial charge in [-0.3, -0.25) is 4.79 Å². The maximum Gasteiger partial charge on any atom is 0.418 e. The van der Waals surface area contributed by atoms with Gasteiger partial charge in [0.25, 0.3) is 5.91 Å². The number of benzene rings is 1. The number of carbonyl (C=O) groups is 1. The molecule has 0 aromatic heterocycles. The third-order valence-corrected chi connectivity index (χ3v) is 4.46. The zero-order valence-electron chi connectivity index (χ0n) is 14.8. The van der Waals surface area contributed by atoms with E-state index in [-0.39, 0.29) is 17.3 Å². The molecule has 1 heterocycles. The molecule has 140 valence electrons. The van der Waals surface area contributed by atoms with Crippen LogP contribution in [0.2, 0.25) is 0 Å². The highest BCUT2D eigenvalue weighted by molar-refractivity contribution is 5.84. The SMILES string of the molecule is CCCCCN1CC(C)(C)C(Oc2ccc(N)c(C(F)(F)F)c2)C1=O. The van der Waals surface area contributed by atoms with Gasteiger partial charge in [-0.1, -0.05) is 33.6 Å². The molecule has 1 aromatic rings. The number of hydrogen-bond donors (Lipinski definition) is 1. The van der Waals surface area contributed by atoms with E-state index in [1.54, 1.807) is 4.90 Å². The number of ether oxygens (including phenoxy) is 1. The summed E-state index contributed by atoms with van der Waals surface area (Å²) in [6.45, 7) is 7.03. The normalized spacial score (nSPS) is 20.2. The quantitative estimate of drug-likeness (QED) is 0.615. The fourth-order valence-electron chi connectivity index (χ4n) is 3.09. The average molecular weight is 358 g/mol. The lowest BCUT2D eigenvalue weighted by Crippen LogP contribution is -2.37. The lowest BCUT2D eigenvalue weighted by atomic mass is 9.89. The van der Waals surface area contributed by atoms with Gasteiger partial charge in [0.05, 0.1) is 5.56 Å². The van der Waals surface area contributed by atoms with E-state index in [1.807, 2.05) is 13.8 Å². The van der Waals surface area contributed by atoms with Crippen LogP contribution in [0.4, 0.5) is 18.9 Å². The Morgan fingerprint density at radius 1 is 1.32 bits per heavy atom. The number of halogens is 3. The summed E-state index contributed by atoms with van der Waals surface area (Å²) in [6, 6.07) is 3.38. The molecular formula is C18H25F3N2O2. The van der Waals surface area contributed by atoms with Crippen molar-refractivity contribution in [1.82, 2.24) is 4.90 Å². The summed E-state index contributed by atoms with van der Waals surface area (Å²) < 4.78 is 44.7. The fraction of sp³-hybridized carbons (Fsp3) is 0.611. The number of nitrogen functional groups attached to an aromatic ring is 1. The first-order valence-electron chi connectivity index (χ1n) is 8.48. The van der Waals surface area contributed by atoms with Gasteiger partial charge in [0.2, 0.25) is 0 Å². The second-order valence-electron chi connectivity index (χ2n) is 7.20. The van der Waals surface area contributed by atoms with Gasteiger partial charge in [-0.2, -0.15) is 13.2 Å². The molecule has 0 spiro atoms. The Hall–Kier alpha value is -1.92. The molecule has 0 radical (unpaired) electrons. The molecule has 1 unspecified atom stereocenters. The van der Waals surface area contributed by atoms with Gasteiger partial charge in [-0.05, 0) is 24.6 Å². The lowest BCUT2D eigenvalue weighted by Gasteiger charge is -2.25. The van der Waals surface area contributed by atoms with Gasteiger partial charge >= 0.3 is 6.18 Å². The largest absolute Gasteiger partial charge is 0.480 e. The van der Waals surface area contributed by atoms with Crippen molar-refractivity contribution in [2.24, 2.45) is 5.41 Å². The van der Waals surface area contributed by atoms with Crippen LogP contribution in [0.3, 0.4) is 0 Å². The van der Waals surface area contributed by atoms with Crippen molar-refractivity contribution in [2.45, 2.75) is 52.3 Å². The predicted octanol–water partition coefficient (Wildman–Crippen LogP) is 4.09. The van der Waals surface area contributed by atoms with Crippen LogP contribution in [-0.2, 0) is 11.0 Å². The Bertz CT molecular complexity index is 629. The van der Waals surface area contributed by atoms with Crippen LogP contribution in [0.25, 0.3) is 0 Å². The first-order chi connectivity index (χ1) is 11.6. The zero-order valence-corrected chi connectivity index (χ0v) is 14.8. The Morgan fingerprint density at radius 2 is 2.00 bits per heavy atom. The number of amides is 1. The topological polar surface area (TPSA) is 55.6 Å². The van der Waals surface area contributed by atoms with Crippen LogP contribution in [0.15, 0.2) is 18.2 Å². The van der Waals surface area contributed by atoms with Crippen LogP contribution in [0, 0.1) is 5.41 Å². The zero-order chi connectivity index (χ0) is 18.8. The summed E-state index contributed by atoms with van der Waals surface area (Å²) in [7, 11) is 0. The molecule has 1 fully saturated rings. The fourth-order valence-corrected chi connectivity index (χ4v) is 3.09. The third-order valence-electron chi connectivity index (χ3n) is 4.46. The minimum atomic E-state index is -4.56. The van der Waals surface area contributed by atoms with Crippen LogP contribution in [0.1, 0.15) is 45.6 Å². The molecule has 1 aromatic carbocycles. The molecule has 1 aliphatic rings. The average Bonchev–Trinajstić information content (AvgIpc) is 2.71. The van der Waals surface area contributed by atoms with Crippen LogP contribution in [0.5, 0.6) is 5.75 Å². The minimum absolute atomic E-state index is 0.00311. The maximum absolute atomic E-state index is 13.0. The molecule has 2 N–H and O–H groups in total. The number of unbranched alkanes of at least 4 members (excludes halogenated alkanes) is 2. The number of carbonyl (C=O) groups excluding carboxylic acids is 1. The van der Waals surface area contributed by atoms with Crippen molar-refractivity contribution < 1.29 is 22.7 Å². The van der Waals surface area contributed by atoms with Gasteiger partial charge < -0.3 is 15.4 Å². The van der Waals surface area contributed by atoms with Crippen LogP contribution < -0.4 is 10.5 Å². The van der Waals surface area contributed by atoms with Gasteiger partial charge in [-0.25, -0.2) is 0 Å². The van der Waals surface area contributed by atoms with Crippen molar-refractivity contribution in [3.05, 3.63) is 23.8 Å². The van der Waals surface area contributed by atoms with E-state index in [0.717, 1.165) is 31.4 Å². The van der Waals surface area contributed by atoms with Crippen molar-refractivity contribution in [2.75, 3.05) is 18.8 Å². The summed E-state index contributed by atoms with van der Waals surface area (Å²) >= 11 is 0. The Kier molecular flexibility index (Phi) is 5.54. The molecule has 1 amide bonds. The van der Waals surface area contributed by atoms with Gasteiger partial charge in [0.15, 0.2) is 6.10 Å². The van der Waals surface area contributed by atoms with Crippen molar-refractivity contribution in [1.29, 1.82) is 0 Å². The van der Waals surface area contributed by atoms with Crippen molar-refractivity contribution >= 4 is 11.6 Å². The molecule has 1 aliphatic heterocycles. The number of anilines is 1. The van der Waals surface area contributed by atoms with Crippen LogP contribution >= 0.6 is 0 Å². The number of alkyl halides is 3. The lowest BCUT2D eigenvalue weighted by molar-refractivity contribution is -0.137. The van der Waals surface area contributed by atoms with Gasteiger partial charge in [0.1, 0.15) is 5.75 Å². The van der Waals surface area contributed by atoms with E-state index in [0.29, 0.717) is 13.1 Å². The van der Waals surface area contributed by atoms with Crippen molar-refractivity contribution in [3.63, 3.8) is 0 Å². The van der Waals surface area contributed by atoms with E-state index in [9.17, 15) is 18.0 Å². The summed E-state index contributed by atoms with van der Waals surface area (Å²) in [4.78, 5) is 14.4. The first-order valence-corrected chi connectivity index (χ1v) is 8.48. The molecule has 4 nitrogen and oxygen atoms in total. The number of nitrogens with two attached hydrogens (primary N) is 1. The number of rotatable bonds is 6. The van der Waals surface area contributed by atoms with Gasteiger partial charge in [0, 0.05) is 24.2 Å². The molecule has 2 rings (SSSR count). The second-order valence-corrected chi connectivity index (χ2v) is 7.20. The number of hydrogen-bond acceptors (Lipinski definition) is 3. The van der Waals surface area contributed by atoms with E-state index in [4.69, 9.17) is 10.5 Å². The monoisotopic (exact) mass is 358 g/mol. The smallest absolute Gasteiger partial charge is 0.418 e. The Morgan fingerprint density at radius 3 is 2.60 bits per heavy atom. The standard InChI is InChI=1S/C18H25F3N2O2/c1-4-5-6-9-23-11-17(2,3)15(16(23)24)25-12-7-8-14(22)13(10-12)18(19,20)21/h7-8,10,15H,4-6,9,11,22H2,1-3H3. The highest BCUT2D eigenvalue weighted by Gasteiger charge is 2.48. The summed E-state index contributed by atoms with van der Waals surface area (Å²) in [6.07, 6.45) is -2.38. The third kappa shape index (κ3) is 4.38. The highest BCUT2D eigenvalue weighted by atomic mass is 19.4. The predicted molar refractivity (Wildman–Crippen MR) is 90.2 cm³/mol. The van der Waals surface area contributed by atoms with Crippen molar-refractivity contribution in [3.8, 4) is 5.75 Å². The maximum atomic E-state index is 13.0. The molecule has 1 saturated heterocycles. The molecular weight excluding hydrogens is 333 g/mol.